The van der Waals surface area contributed by atoms with Crippen molar-refractivity contribution < 1.29 is 4.39 Å². The quantitative estimate of drug-likeness (QED) is 0.759. The molecule has 6 nitrogen and oxygen atoms in total. The van der Waals surface area contributed by atoms with Crippen LogP contribution in [0.25, 0.3) is 5.69 Å². The van der Waals surface area contributed by atoms with E-state index in [4.69, 9.17) is 11.5 Å². The third kappa shape index (κ3) is 3.56. The number of hydrogen-bond acceptors (Lipinski definition) is 5. The van der Waals surface area contributed by atoms with Gasteiger partial charge in [-0.2, -0.15) is 4.98 Å². The number of nitrogens with zero attached hydrogens (tertiary/aromatic N) is 3. The van der Waals surface area contributed by atoms with E-state index in [0.29, 0.717) is 29.6 Å². The monoisotopic (exact) mass is 385 g/mol. The largest absolute Gasteiger partial charge is 0.383 e. The topological polar surface area (TPSA) is 90.2 Å². The molecule has 2 heterocycles. The van der Waals surface area contributed by atoms with Crippen LogP contribution < -0.4 is 17.2 Å². The first-order chi connectivity index (χ1) is 13.5. The molecule has 2 fully saturated rings. The van der Waals surface area contributed by atoms with E-state index in [1.807, 2.05) is 0 Å². The van der Waals surface area contributed by atoms with Crippen molar-refractivity contribution in [3.8, 4) is 5.69 Å². The van der Waals surface area contributed by atoms with E-state index in [0.717, 1.165) is 44.3 Å². The SMILES string of the molecule is CCCC(Cc1ccc(-n2ccc(N)nc2=O)cc1F)N1C[C@@H]2C(CN)[C@@H]2C1. The third-order valence-electron chi connectivity index (χ3n) is 6.41. The summed E-state index contributed by atoms with van der Waals surface area (Å²) in [5.74, 6) is 2.04. The lowest BCUT2D eigenvalue weighted by atomic mass is 9.99. The molecule has 4 atom stereocenters. The fraction of sp³-hybridized carbons (Fsp3) is 0.524. The molecule has 7 heteroatoms. The number of hydrogen-bond donors (Lipinski definition) is 2. The van der Waals surface area contributed by atoms with Crippen LogP contribution in [-0.2, 0) is 6.42 Å². The summed E-state index contributed by atoms with van der Waals surface area (Å²) in [6, 6.07) is 6.83. The van der Waals surface area contributed by atoms with Crippen LogP contribution in [0.4, 0.5) is 10.2 Å². The fourth-order valence-corrected chi connectivity index (χ4v) is 4.79. The lowest BCUT2D eigenvalue weighted by molar-refractivity contribution is 0.194. The number of likely N-dealkylation sites (tertiary alicyclic amines) is 1. The number of nitrogen functional groups attached to an aromatic ring is 1. The van der Waals surface area contributed by atoms with Crippen LogP contribution in [0.2, 0.25) is 0 Å². The number of aromatic nitrogens is 2. The van der Waals surface area contributed by atoms with E-state index < -0.39 is 5.69 Å². The predicted octanol–water partition coefficient (Wildman–Crippen LogP) is 1.80. The molecule has 0 spiro atoms. The Morgan fingerprint density at radius 2 is 2.04 bits per heavy atom. The molecule has 2 aromatic rings. The first kappa shape index (κ1) is 19.1. The van der Waals surface area contributed by atoms with Gasteiger partial charge in [-0.15, -0.1) is 0 Å². The highest BCUT2D eigenvalue weighted by molar-refractivity contribution is 5.37. The molecule has 1 aliphatic heterocycles. The van der Waals surface area contributed by atoms with Crippen molar-refractivity contribution in [2.75, 3.05) is 25.4 Å². The van der Waals surface area contributed by atoms with E-state index in [1.54, 1.807) is 12.1 Å². The first-order valence-electron chi connectivity index (χ1n) is 10.1. The number of benzene rings is 1. The van der Waals surface area contributed by atoms with Crippen LogP contribution in [0, 0.1) is 23.6 Å². The molecule has 150 valence electrons. The molecule has 28 heavy (non-hydrogen) atoms. The van der Waals surface area contributed by atoms with E-state index in [-0.39, 0.29) is 11.6 Å². The molecule has 4 rings (SSSR count). The maximum atomic E-state index is 14.8. The van der Waals surface area contributed by atoms with Gasteiger partial charge in [0, 0.05) is 25.3 Å². The minimum Gasteiger partial charge on any atom is -0.383 e. The van der Waals surface area contributed by atoms with Crippen LogP contribution in [0.1, 0.15) is 25.3 Å². The van der Waals surface area contributed by atoms with E-state index in [2.05, 4.69) is 16.8 Å². The standard InChI is InChI=1S/C21H28FN5O/c1-2-3-14(26-11-17-16(10-23)18(17)12-26)8-13-4-5-15(9-19(13)22)27-7-6-20(24)25-21(27)28/h4-7,9,14,16-18H,2-3,8,10-12,23H2,1H3,(H2,24,25,28)/t14?,16?,17-,18+. The molecule has 0 radical (unpaired) electrons. The zero-order valence-electron chi connectivity index (χ0n) is 16.2. The van der Waals surface area contributed by atoms with Crippen LogP contribution in [0.3, 0.4) is 0 Å². The van der Waals surface area contributed by atoms with Crippen molar-refractivity contribution in [3.63, 3.8) is 0 Å². The summed E-state index contributed by atoms with van der Waals surface area (Å²) < 4.78 is 16.1. The number of anilines is 1. The zero-order valence-corrected chi connectivity index (χ0v) is 16.2. The second kappa shape index (κ2) is 7.64. The smallest absolute Gasteiger partial charge is 0.354 e. The maximum absolute atomic E-state index is 14.8. The molecule has 0 bridgehead atoms. The van der Waals surface area contributed by atoms with Crippen molar-refractivity contribution in [3.05, 3.63) is 52.3 Å². The fourth-order valence-electron chi connectivity index (χ4n) is 4.79. The Balaban J connectivity index is 1.50. The average molecular weight is 385 g/mol. The molecule has 1 aromatic carbocycles. The molecule has 0 amide bonds. The third-order valence-corrected chi connectivity index (χ3v) is 6.41. The number of halogens is 1. The lowest BCUT2D eigenvalue weighted by Crippen LogP contribution is -2.38. The van der Waals surface area contributed by atoms with E-state index >= 15 is 0 Å². The van der Waals surface area contributed by atoms with Gasteiger partial charge in [0.1, 0.15) is 11.6 Å². The van der Waals surface area contributed by atoms with Crippen molar-refractivity contribution in [2.24, 2.45) is 23.5 Å². The van der Waals surface area contributed by atoms with Gasteiger partial charge in [0.25, 0.3) is 0 Å². The Morgan fingerprint density at radius 3 is 2.64 bits per heavy atom. The normalized spacial score (nSPS) is 24.9. The highest BCUT2D eigenvalue weighted by Crippen LogP contribution is 2.51. The highest BCUT2D eigenvalue weighted by atomic mass is 19.1. The Labute approximate surface area is 164 Å². The van der Waals surface area contributed by atoms with Crippen molar-refractivity contribution in [2.45, 2.75) is 32.2 Å². The van der Waals surface area contributed by atoms with Crippen molar-refractivity contribution in [1.29, 1.82) is 0 Å². The van der Waals surface area contributed by atoms with Gasteiger partial charge in [-0.1, -0.05) is 19.4 Å². The number of rotatable bonds is 7. The Kier molecular flexibility index (Phi) is 5.21. The predicted molar refractivity (Wildman–Crippen MR) is 108 cm³/mol. The molecule has 1 aromatic heterocycles. The second-order valence-electron chi connectivity index (χ2n) is 8.11. The van der Waals surface area contributed by atoms with Gasteiger partial charge in [0.2, 0.25) is 0 Å². The number of fused-ring (bicyclic) bond motifs is 1. The minimum atomic E-state index is -0.512. The van der Waals surface area contributed by atoms with Crippen LogP contribution >= 0.6 is 0 Å². The number of piperidine rings is 1. The number of nitrogens with two attached hydrogens (primary N) is 2. The van der Waals surface area contributed by atoms with Crippen molar-refractivity contribution >= 4 is 5.82 Å². The van der Waals surface area contributed by atoms with Gasteiger partial charge in [-0.3, -0.25) is 9.47 Å². The summed E-state index contributed by atoms with van der Waals surface area (Å²) in [6.45, 7) is 5.14. The molecule has 1 aliphatic carbocycles. The summed E-state index contributed by atoms with van der Waals surface area (Å²) in [6.07, 6.45) is 4.32. The van der Waals surface area contributed by atoms with Crippen LogP contribution in [0.5, 0.6) is 0 Å². The molecule has 1 saturated carbocycles. The van der Waals surface area contributed by atoms with Crippen LogP contribution in [-0.4, -0.2) is 40.1 Å². The van der Waals surface area contributed by atoms with Gasteiger partial charge in [-0.05, 0) is 60.9 Å². The first-order valence-corrected chi connectivity index (χ1v) is 10.1. The molecule has 1 saturated heterocycles. The lowest BCUT2D eigenvalue weighted by Gasteiger charge is -2.30. The Morgan fingerprint density at radius 1 is 1.29 bits per heavy atom. The minimum absolute atomic E-state index is 0.154. The second-order valence-corrected chi connectivity index (χ2v) is 8.11. The van der Waals surface area contributed by atoms with Gasteiger partial charge in [-0.25, -0.2) is 9.18 Å². The Bertz CT molecular complexity index is 902. The zero-order chi connectivity index (χ0) is 19.8. The molecular weight excluding hydrogens is 357 g/mol. The van der Waals surface area contributed by atoms with Gasteiger partial charge in [0.15, 0.2) is 0 Å². The molecule has 2 unspecified atom stereocenters. The average Bonchev–Trinajstić information content (AvgIpc) is 3.13. The highest BCUT2D eigenvalue weighted by Gasteiger charge is 2.55. The summed E-state index contributed by atoms with van der Waals surface area (Å²) in [5.41, 5.74) is 12.0. The van der Waals surface area contributed by atoms with E-state index in [9.17, 15) is 9.18 Å². The van der Waals surface area contributed by atoms with Crippen LogP contribution in [0.15, 0.2) is 35.3 Å². The Hall–Kier alpha value is -2.25. The van der Waals surface area contributed by atoms with Crippen molar-refractivity contribution in [1.82, 2.24) is 14.5 Å². The van der Waals surface area contributed by atoms with Gasteiger partial charge >= 0.3 is 5.69 Å². The summed E-state index contributed by atoms with van der Waals surface area (Å²) >= 11 is 0. The molecular formula is C21H28FN5O. The van der Waals surface area contributed by atoms with Gasteiger partial charge in [0.05, 0.1) is 5.69 Å². The molecule has 4 N–H and O–H groups in total. The van der Waals surface area contributed by atoms with Gasteiger partial charge < -0.3 is 11.5 Å². The maximum Gasteiger partial charge on any atom is 0.354 e. The molecule has 2 aliphatic rings. The van der Waals surface area contributed by atoms with E-state index in [1.165, 1.54) is 22.9 Å². The summed E-state index contributed by atoms with van der Waals surface area (Å²) in [4.78, 5) is 18.2. The summed E-state index contributed by atoms with van der Waals surface area (Å²) in [7, 11) is 0. The summed E-state index contributed by atoms with van der Waals surface area (Å²) in [5, 5.41) is 0.